The van der Waals surface area contributed by atoms with Gasteiger partial charge in [0.25, 0.3) is 0 Å². The van der Waals surface area contributed by atoms with Crippen LogP contribution in [-0.4, -0.2) is 40.8 Å². The first-order chi connectivity index (χ1) is 8.00. The van der Waals surface area contributed by atoms with Crippen LogP contribution in [0.3, 0.4) is 0 Å². The molecule has 0 radical (unpaired) electrons. The van der Waals surface area contributed by atoms with Crippen molar-refractivity contribution in [2.75, 3.05) is 25.4 Å². The molecule has 100 valence electrons. The number of nitrogens with one attached hydrogen (secondary N) is 2. The van der Waals surface area contributed by atoms with E-state index in [1.54, 1.807) is 6.92 Å². The van der Waals surface area contributed by atoms with Gasteiger partial charge in [-0.15, -0.1) is 0 Å². The largest absolute Gasteiger partial charge is 0.355 e. The minimum Gasteiger partial charge on any atom is -0.355 e. The van der Waals surface area contributed by atoms with E-state index in [1.807, 2.05) is 0 Å². The van der Waals surface area contributed by atoms with Crippen LogP contribution in [0.5, 0.6) is 0 Å². The molecule has 2 N–H and O–H groups in total. The number of hydrogen-bond acceptors (Lipinski definition) is 3. The van der Waals surface area contributed by atoms with E-state index in [4.69, 9.17) is 0 Å². The average molecular weight is 260 g/mol. The van der Waals surface area contributed by atoms with Gasteiger partial charge in [0.15, 0.2) is 0 Å². The Hall–Kier alpha value is -0.420. The number of carbonyl (C=O) groups is 1. The van der Waals surface area contributed by atoms with Crippen molar-refractivity contribution in [3.05, 3.63) is 0 Å². The first-order valence-corrected chi connectivity index (χ1v) is 7.74. The molecule has 0 aliphatic carbocycles. The summed E-state index contributed by atoms with van der Waals surface area (Å²) in [6.45, 7) is 8.56. The molecule has 2 atom stereocenters. The summed E-state index contributed by atoms with van der Waals surface area (Å²) in [7, 11) is -1.04. The second-order valence-electron chi connectivity index (χ2n) is 5.19. The second-order valence-corrected chi connectivity index (χ2v) is 6.99. The zero-order chi connectivity index (χ0) is 12.8. The summed E-state index contributed by atoms with van der Waals surface area (Å²) >= 11 is 0. The van der Waals surface area contributed by atoms with Gasteiger partial charge in [0, 0.05) is 36.2 Å². The molecule has 17 heavy (non-hydrogen) atoms. The zero-order valence-corrected chi connectivity index (χ0v) is 11.8. The van der Waals surface area contributed by atoms with Gasteiger partial charge in [0.2, 0.25) is 5.91 Å². The predicted octanol–water partition coefficient (Wildman–Crippen LogP) is 0.505. The van der Waals surface area contributed by atoms with Crippen molar-refractivity contribution in [3.63, 3.8) is 0 Å². The molecular weight excluding hydrogens is 236 g/mol. The van der Waals surface area contributed by atoms with E-state index >= 15 is 0 Å². The summed E-state index contributed by atoms with van der Waals surface area (Å²) in [5, 5.41) is 5.62. The van der Waals surface area contributed by atoms with Crippen LogP contribution < -0.4 is 10.6 Å². The summed E-state index contributed by atoms with van der Waals surface area (Å²) in [5.41, 5.74) is 0. The molecule has 1 fully saturated rings. The molecule has 5 heteroatoms. The Bertz CT molecular complexity index is 278. The Kier molecular flexibility index (Phi) is 6.12. The van der Waals surface area contributed by atoms with E-state index in [0.29, 0.717) is 24.1 Å². The van der Waals surface area contributed by atoms with Crippen LogP contribution in [0.25, 0.3) is 0 Å². The number of amides is 1. The highest BCUT2D eigenvalue weighted by atomic mass is 32.2. The highest BCUT2D eigenvalue weighted by molar-refractivity contribution is 7.86. The average Bonchev–Trinajstić information content (AvgIpc) is 2.21. The topological polar surface area (TPSA) is 58.2 Å². The fourth-order valence-corrected chi connectivity index (χ4v) is 2.90. The van der Waals surface area contributed by atoms with Crippen LogP contribution in [0.1, 0.15) is 27.2 Å². The van der Waals surface area contributed by atoms with E-state index in [-0.39, 0.29) is 11.2 Å². The summed E-state index contributed by atoms with van der Waals surface area (Å²) in [4.78, 5) is 11.7. The van der Waals surface area contributed by atoms with Gasteiger partial charge in [-0.2, -0.15) is 0 Å². The molecule has 2 unspecified atom stereocenters. The van der Waals surface area contributed by atoms with Crippen LogP contribution in [0.4, 0.5) is 0 Å². The maximum Gasteiger partial charge on any atom is 0.235 e. The molecule has 1 rings (SSSR count). The first-order valence-electron chi connectivity index (χ1n) is 6.36. The first kappa shape index (κ1) is 14.6. The van der Waals surface area contributed by atoms with Crippen molar-refractivity contribution < 1.29 is 9.00 Å². The minimum absolute atomic E-state index is 0.0729. The number of rotatable bonds is 7. The molecular formula is C12H24N2O2S. The lowest BCUT2D eigenvalue weighted by Crippen LogP contribution is -2.47. The lowest BCUT2D eigenvalue weighted by molar-refractivity contribution is -0.120. The Morgan fingerprint density at radius 1 is 1.41 bits per heavy atom. The van der Waals surface area contributed by atoms with Gasteiger partial charge in [-0.25, -0.2) is 0 Å². The van der Waals surface area contributed by atoms with Crippen LogP contribution in [0.2, 0.25) is 0 Å². The quantitative estimate of drug-likeness (QED) is 0.701. The zero-order valence-electron chi connectivity index (χ0n) is 11.0. The SMILES string of the molecule is CC(C)CCNC(=O)C(C)S(=O)CC1CNC1. The van der Waals surface area contributed by atoms with Crippen molar-refractivity contribution in [2.24, 2.45) is 11.8 Å². The maximum atomic E-state index is 11.9. The highest BCUT2D eigenvalue weighted by Crippen LogP contribution is 2.08. The van der Waals surface area contributed by atoms with Crippen LogP contribution in [0, 0.1) is 11.8 Å². The molecule has 0 aromatic rings. The molecule has 0 spiro atoms. The summed E-state index contributed by atoms with van der Waals surface area (Å²) in [6.07, 6.45) is 0.970. The predicted molar refractivity (Wildman–Crippen MR) is 71.3 cm³/mol. The van der Waals surface area contributed by atoms with Gasteiger partial charge in [0.1, 0.15) is 5.25 Å². The highest BCUT2D eigenvalue weighted by Gasteiger charge is 2.25. The molecule has 1 amide bonds. The number of carbonyl (C=O) groups excluding carboxylic acids is 1. The van der Waals surface area contributed by atoms with E-state index in [0.717, 1.165) is 19.5 Å². The molecule has 0 aromatic carbocycles. The maximum absolute atomic E-state index is 11.9. The Morgan fingerprint density at radius 2 is 2.06 bits per heavy atom. The Morgan fingerprint density at radius 3 is 2.53 bits per heavy atom. The summed E-state index contributed by atoms with van der Waals surface area (Å²) in [5.74, 6) is 1.64. The normalized spacial score (nSPS) is 19.8. The third-order valence-electron chi connectivity index (χ3n) is 3.05. The minimum atomic E-state index is -1.04. The van der Waals surface area contributed by atoms with Gasteiger partial charge >= 0.3 is 0 Å². The van der Waals surface area contributed by atoms with E-state index < -0.39 is 10.8 Å². The fourth-order valence-electron chi connectivity index (χ4n) is 1.59. The van der Waals surface area contributed by atoms with Crippen molar-refractivity contribution >= 4 is 16.7 Å². The van der Waals surface area contributed by atoms with Gasteiger partial charge < -0.3 is 10.6 Å². The lowest BCUT2D eigenvalue weighted by atomic mass is 10.1. The van der Waals surface area contributed by atoms with Gasteiger partial charge in [0.05, 0.1) is 0 Å². The molecule has 1 aliphatic heterocycles. The van der Waals surface area contributed by atoms with Crippen molar-refractivity contribution in [2.45, 2.75) is 32.4 Å². The van der Waals surface area contributed by atoms with Crippen LogP contribution in [0.15, 0.2) is 0 Å². The molecule has 1 aliphatic rings. The molecule has 4 nitrogen and oxygen atoms in total. The molecule has 0 bridgehead atoms. The van der Waals surface area contributed by atoms with Gasteiger partial charge in [-0.3, -0.25) is 9.00 Å². The lowest BCUT2D eigenvalue weighted by Gasteiger charge is -2.27. The van der Waals surface area contributed by atoms with Gasteiger partial charge in [-0.05, 0) is 25.2 Å². The fraction of sp³-hybridized carbons (Fsp3) is 0.917. The van der Waals surface area contributed by atoms with Crippen molar-refractivity contribution in [1.29, 1.82) is 0 Å². The van der Waals surface area contributed by atoms with E-state index in [1.165, 1.54) is 0 Å². The molecule has 0 aromatic heterocycles. The van der Waals surface area contributed by atoms with Crippen molar-refractivity contribution in [3.8, 4) is 0 Å². The molecule has 1 heterocycles. The smallest absolute Gasteiger partial charge is 0.235 e. The van der Waals surface area contributed by atoms with Crippen LogP contribution in [-0.2, 0) is 15.6 Å². The third-order valence-corrected chi connectivity index (χ3v) is 4.85. The number of hydrogen-bond donors (Lipinski definition) is 2. The second kappa shape index (κ2) is 7.11. The molecule has 0 saturated carbocycles. The van der Waals surface area contributed by atoms with Crippen LogP contribution >= 0.6 is 0 Å². The Balaban J connectivity index is 2.22. The Labute approximate surface area is 106 Å². The molecule has 1 saturated heterocycles. The third kappa shape index (κ3) is 5.17. The summed E-state index contributed by atoms with van der Waals surface area (Å²) < 4.78 is 11.9. The van der Waals surface area contributed by atoms with E-state index in [2.05, 4.69) is 24.5 Å². The standard InChI is InChI=1S/C12H24N2O2S/c1-9(2)4-5-14-12(15)10(3)17(16)8-11-6-13-7-11/h9-11,13H,4-8H2,1-3H3,(H,14,15). The van der Waals surface area contributed by atoms with Crippen molar-refractivity contribution in [1.82, 2.24) is 10.6 Å². The summed E-state index contributed by atoms with van der Waals surface area (Å²) in [6, 6.07) is 0. The van der Waals surface area contributed by atoms with Gasteiger partial charge in [-0.1, -0.05) is 13.8 Å². The monoisotopic (exact) mass is 260 g/mol. The van der Waals surface area contributed by atoms with E-state index in [9.17, 15) is 9.00 Å².